The van der Waals surface area contributed by atoms with E-state index in [2.05, 4.69) is 84.7 Å². The van der Waals surface area contributed by atoms with Crippen LogP contribution in [0.25, 0.3) is 0 Å². The summed E-state index contributed by atoms with van der Waals surface area (Å²) < 4.78 is 0. The summed E-state index contributed by atoms with van der Waals surface area (Å²) in [6, 6.07) is 26.1. The molecule has 1 nitrogen and oxygen atoms in total. The number of fused-ring (bicyclic) bond motifs is 2. The van der Waals surface area contributed by atoms with Gasteiger partial charge in [-0.25, -0.2) is 0 Å². The van der Waals surface area contributed by atoms with Gasteiger partial charge in [-0.05, 0) is 34.7 Å². The summed E-state index contributed by atoms with van der Waals surface area (Å²) in [5.74, 6) is 0. The number of rotatable bonds is 2. The van der Waals surface area contributed by atoms with Gasteiger partial charge in [0.2, 0.25) is 0 Å². The lowest BCUT2D eigenvalue weighted by molar-refractivity contribution is 1.02. The molecule has 0 spiro atoms. The molecule has 0 unspecified atom stereocenters. The van der Waals surface area contributed by atoms with E-state index in [0.717, 1.165) is 12.8 Å². The molecule has 3 aromatic rings. The van der Waals surface area contributed by atoms with Gasteiger partial charge in [0.15, 0.2) is 0 Å². The zero-order valence-corrected chi connectivity index (χ0v) is 12.8. The van der Waals surface area contributed by atoms with Gasteiger partial charge in [0.1, 0.15) is 0 Å². The molecule has 1 heterocycles. The van der Waals surface area contributed by atoms with E-state index in [1.54, 1.807) is 0 Å². The van der Waals surface area contributed by atoms with E-state index >= 15 is 0 Å². The van der Waals surface area contributed by atoms with Crippen molar-refractivity contribution in [3.63, 3.8) is 0 Å². The maximum absolute atomic E-state index is 2.35. The quantitative estimate of drug-likeness (QED) is 0.644. The lowest BCUT2D eigenvalue weighted by Crippen LogP contribution is -2.20. The zero-order chi connectivity index (χ0) is 14.9. The predicted molar refractivity (Wildman–Crippen MR) is 93.0 cm³/mol. The Morgan fingerprint density at radius 3 is 2.36 bits per heavy atom. The Balaban J connectivity index is 1.79. The van der Waals surface area contributed by atoms with Gasteiger partial charge in [0, 0.05) is 24.8 Å². The van der Waals surface area contributed by atoms with Gasteiger partial charge in [-0.2, -0.15) is 0 Å². The van der Waals surface area contributed by atoms with E-state index in [-0.39, 0.29) is 0 Å². The van der Waals surface area contributed by atoms with Crippen molar-refractivity contribution in [1.29, 1.82) is 0 Å². The molecule has 1 aliphatic heterocycles. The molecule has 0 N–H and O–H groups in total. The van der Waals surface area contributed by atoms with E-state index in [0.29, 0.717) is 0 Å². The average molecular weight is 285 g/mol. The molecule has 0 saturated heterocycles. The average Bonchev–Trinajstić information content (AvgIpc) is 2.56. The van der Waals surface area contributed by atoms with E-state index in [4.69, 9.17) is 0 Å². The first-order chi connectivity index (χ1) is 10.8. The Kier molecular flexibility index (Phi) is 3.19. The SMILES string of the molecule is CN1c2ccccc2Cc2cccc(Cc3ccccc3)c21. The smallest absolute Gasteiger partial charge is 0.0480 e. The zero-order valence-electron chi connectivity index (χ0n) is 12.8. The summed E-state index contributed by atoms with van der Waals surface area (Å²) in [6.07, 6.45) is 2.01. The van der Waals surface area contributed by atoms with Crippen LogP contribution in [-0.4, -0.2) is 7.05 Å². The molecular weight excluding hydrogens is 266 g/mol. The summed E-state index contributed by atoms with van der Waals surface area (Å²) in [4.78, 5) is 2.35. The van der Waals surface area contributed by atoms with E-state index in [9.17, 15) is 0 Å². The van der Waals surface area contributed by atoms with E-state index in [1.165, 1.54) is 33.6 Å². The molecule has 0 aromatic heterocycles. The molecule has 108 valence electrons. The highest BCUT2D eigenvalue weighted by Crippen LogP contribution is 2.39. The second-order valence-corrected chi connectivity index (χ2v) is 5.95. The summed E-state index contributed by atoms with van der Waals surface area (Å²) in [5.41, 5.74) is 8.31. The van der Waals surface area contributed by atoms with Crippen LogP contribution in [0.15, 0.2) is 72.8 Å². The van der Waals surface area contributed by atoms with Crippen molar-refractivity contribution >= 4 is 11.4 Å². The molecule has 0 saturated carbocycles. The van der Waals surface area contributed by atoms with Crippen molar-refractivity contribution in [2.45, 2.75) is 12.8 Å². The van der Waals surface area contributed by atoms with Gasteiger partial charge >= 0.3 is 0 Å². The Labute approximate surface area is 131 Å². The number of hydrogen-bond donors (Lipinski definition) is 0. The third-order valence-corrected chi connectivity index (χ3v) is 4.51. The van der Waals surface area contributed by atoms with Crippen molar-refractivity contribution in [2.24, 2.45) is 0 Å². The van der Waals surface area contributed by atoms with E-state index < -0.39 is 0 Å². The first-order valence-corrected chi connectivity index (χ1v) is 7.79. The topological polar surface area (TPSA) is 3.24 Å². The van der Waals surface area contributed by atoms with Crippen molar-refractivity contribution < 1.29 is 0 Å². The summed E-state index contributed by atoms with van der Waals surface area (Å²) in [7, 11) is 2.19. The number of hydrogen-bond acceptors (Lipinski definition) is 1. The normalized spacial score (nSPS) is 12.7. The minimum atomic E-state index is 0.983. The van der Waals surface area contributed by atoms with Crippen molar-refractivity contribution in [3.8, 4) is 0 Å². The fourth-order valence-electron chi connectivity index (χ4n) is 3.49. The van der Waals surface area contributed by atoms with E-state index in [1.807, 2.05) is 0 Å². The molecule has 0 amide bonds. The molecular formula is C21H19N. The molecule has 0 fully saturated rings. The largest absolute Gasteiger partial charge is 0.344 e. The van der Waals surface area contributed by atoms with Crippen LogP contribution in [0, 0.1) is 0 Å². The monoisotopic (exact) mass is 285 g/mol. The predicted octanol–water partition coefficient (Wildman–Crippen LogP) is 4.95. The van der Waals surface area contributed by atoms with Gasteiger partial charge in [0.25, 0.3) is 0 Å². The van der Waals surface area contributed by atoms with Crippen LogP contribution in [0.5, 0.6) is 0 Å². The molecule has 3 aromatic carbocycles. The Bertz CT molecular complexity index is 805. The second kappa shape index (κ2) is 5.34. The number of nitrogens with zero attached hydrogens (tertiary/aromatic N) is 1. The third-order valence-electron chi connectivity index (χ3n) is 4.51. The van der Waals surface area contributed by atoms with Gasteiger partial charge in [0.05, 0.1) is 0 Å². The van der Waals surface area contributed by atoms with Gasteiger partial charge < -0.3 is 4.90 Å². The second-order valence-electron chi connectivity index (χ2n) is 5.95. The highest BCUT2D eigenvalue weighted by Gasteiger charge is 2.21. The van der Waals surface area contributed by atoms with Crippen LogP contribution in [0.1, 0.15) is 22.3 Å². The number of anilines is 2. The van der Waals surface area contributed by atoms with Gasteiger partial charge in [-0.15, -0.1) is 0 Å². The lowest BCUT2D eigenvalue weighted by atomic mass is 9.91. The van der Waals surface area contributed by atoms with Crippen LogP contribution in [0.3, 0.4) is 0 Å². The minimum Gasteiger partial charge on any atom is -0.344 e. The summed E-state index contributed by atoms with van der Waals surface area (Å²) in [6.45, 7) is 0. The fraction of sp³-hybridized carbons (Fsp3) is 0.143. The number of benzene rings is 3. The Morgan fingerprint density at radius 2 is 1.50 bits per heavy atom. The van der Waals surface area contributed by atoms with Crippen molar-refractivity contribution in [2.75, 3.05) is 11.9 Å². The highest BCUT2D eigenvalue weighted by molar-refractivity contribution is 5.76. The first kappa shape index (κ1) is 13.1. The van der Waals surface area contributed by atoms with Gasteiger partial charge in [-0.3, -0.25) is 0 Å². The van der Waals surface area contributed by atoms with Crippen LogP contribution in [-0.2, 0) is 12.8 Å². The van der Waals surface area contributed by atoms with Crippen LogP contribution >= 0.6 is 0 Å². The maximum Gasteiger partial charge on any atom is 0.0480 e. The molecule has 0 radical (unpaired) electrons. The molecule has 0 atom stereocenters. The molecule has 4 rings (SSSR count). The van der Waals surface area contributed by atoms with Gasteiger partial charge in [-0.1, -0.05) is 66.7 Å². The first-order valence-electron chi connectivity index (χ1n) is 7.79. The van der Waals surface area contributed by atoms with Crippen LogP contribution in [0.2, 0.25) is 0 Å². The summed E-state index contributed by atoms with van der Waals surface area (Å²) in [5, 5.41) is 0. The molecule has 0 aliphatic carbocycles. The Hall–Kier alpha value is -2.54. The third kappa shape index (κ3) is 2.19. The van der Waals surface area contributed by atoms with Crippen molar-refractivity contribution in [1.82, 2.24) is 0 Å². The molecule has 22 heavy (non-hydrogen) atoms. The van der Waals surface area contributed by atoms with Crippen LogP contribution < -0.4 is 4.90 Å². The Morgan fingerprint density at radius 1 is 0.773 bits per heavy atom. The fourth-order valence-corrected chi connectivity index (χ4v) is 3.49. The molecule has 0 bridgehead atoms. The van der Waals surface area contributed by atoms with Crippen molar-refractivity contribution in [3.05, 3.63) is 95.1 Å². The van der Waals surface area contributed by atoms with Crippen LogP contribution in [0.4, 0.5) is 11.4 Å². The minimum absolute atomic E-state index is 0.983. The summed E-state index contributed by atoms with van der Waals surface area (Å²) >= 11 is 0. The number of para-hydroxylation sites is 2. The molecule has 1 heteroatoms. The highest BCUT2D eigenvalue weighted by atomic mass is 15.1. The molecule has 1 aliphatic rings. The maximum atomic E-state index is 2.35. The lowest BCUT2D eigenvalue weighted by Gasteiger charge is -2.32. The standard InChI is InChI=1S/C21H19N/c1-22-20-13-6-5-10-17(20)15-19-12-7-11-18(21(19)22)14-16-8-3-2-4-9-16/h2-13H,14-15H2,1H3.